The number of likely N-dealkylation sites (N-methyl/N-ethyl adjacent to an activating group) is 1. The van der Waals surface area contributed by atoms with E-state index in [-0.39, 0.29) is 17.6 Å². The van der Waals surface area contributed by atoms with Crippen molar-refractivity contribution >= 4 is 23.2 Å². The third kappa shape index (κ3) is 3.46. The summed E-state index contributed by atoms with van der Waals surface area (Å²) >= 11 is 5.88. The number of nitro benzene ring substituents is 1. The number of rotatable bonds is 4. The van der Waals surface area contributed by atoms with E-state index < -0.39 is 4.92 Å². The number of likely N-dealkylation sites (tertiary alicyclic amines) is 1. The maximum absolute atomic E-state index is 11.4. The minimum atomic E-state index is -0.413. The molecule has 1 saturated heterocycles. The molecule has 108 valence electrons. The van der Waals surface area contributed by atoms with Crippen molar-refractivity contribution in [3.05, 3.63) is 38.9 Å². The highest BCUT2D eigenvalue weighted by Gasteiger charge is 2.23. The minimum Gasteiger partial charge on any atom is -0.344 e. The van der Waals surface area contributed by atoms with Crippen LogP contribution < -0.4 is 5.32 Å². The molecule has 2 rings (SSSR count). The number of nitro groups is 1. The van der Waals surface area contributed by atoms with E-state index in [9.17, 15) is 14.9 Å². The Balaban J connectivity index is 2.02. The average Bonchev–Trinajstić information content (AvgIpc) is 2.40. The summed E-state index contributed by atoms with van der Waals surface area (Å²) in [5.74, 6) is 0.136. The smallest absolute Gasteiger partial charge is 0.273 e. The largest absolute Gasteiger partial charge is 0.344 e. The number of halogens is 1. The number of hydrogen-bond acceptors (Lipinski definition) is 4. The van der Waals surface area contributed by atoms with Gasteiger partial charge in [-0.25, -0.2) is 0 Å². The van der Waals surface area contributed by atoms with Gasteiger partial charge in [-0.1, -0.05) is 11.6 Å². The van der Waals surface area contributed by atoms with E-state index in [4.69, 9.17) is 11.6 Å². The van der Waals surface area contributed by atoms with Crippen molar-refractivity contribution in [1.82, 2.24) is 10.2 Å². The molecule has 6 nitrogen and oxygen atoms in total. The number of nitrogens with one attached hydrogen (secondary N) is 1. The van der Waals surface area contributed by atoms with Crippen LogP contribution in [-0.2, 0) is 11.3 Å². The zero-order valence-electron chi connectivity index (χ0n) is 11.1. The highest BCUT2D eigenvalue weighted by atomic mass is 35.5. The van der Waals surface area contributed by atoms with Gasteiger partial charge in [-0.15, -0.1) is 0 Å². The zero-order valence-corrected chi connectivity index (χ0v) is 11.9. The number of carbonyl (C=O) groups is 1. The summed E-state index contributed by atoms with van der Waals surface area (Å²) in [4.78, 5) is 23.6. The topological polar surface area (TPSA) is 75.5 Å². The molecule has 0 aromatic heterocycles. The molecule has 7 heteroatoms. The van der Waals surface area contributed by atoms with Crippen LogP contribution in [0.4, 0.5) is 5.69 Å². The van der Waals surface area contributed by atoms with E-state index >= 15 is 0 Å². The number of hydrogen-bond donors (Lipinski definition) is 1. The van der Waals surface area contributed by atoms with E-state index in [1.165, 1.54) is 12.1 Å². The highest BCUT2D eigenvalue weighted by Crippen LogP contribution is 2.23. The second-order valence-corrected chi connectivity index (χ2v) is 5.36. The van der Waals surface area contributed by atoms with Gasteiger partial charge >= 0.3 is 0 Å². The Morgan fingerprint density at radius 2 is 2.30 bits per heavy atom. The lowest BCUT2D eigenvalue weighted by Crippen LogP contribution is -2.46. The van der Waals surface area contributed by atoms with Crippen LogP contribution in [0, 0.1) is 10.1 Å². The molecule has 0 saturated carbocycles. The van der Waals surface area contributed by atoms with Crippen molar-refractivity contribution in [2.24, 2.45) is 0 Å². The van der Waals surface area contributed by atoms with Gasteiger partial charge in [-0.05, 0) is 18.6 Å². The molecule has 1 amide bonds. The summed E-state index contributed by atoms with van der Waals surface area (Å²) in [7, 11) is 1.76. The summed E-state index contributed by atoms with van der Waals surface area (Å²) in [6.07, 6.45) is 1.25. The molecular formula is C13H16ClN3O3. The lowest BCUT2D eigenvalue weighted by atomic mass is 10.0. The Labute approximate surface area is 121 Å². The number of amides is 1. The van der Waals surface area contributed by atoms with Crippen molar-refractivity contribution in [2.45, 2.75) is 25.4 Å². The molecule has 20 heavy (non-hydrogen) atoms. The van der Waals surface area contributed by atoms with Crippen molar-refractivity contribution in [3.63, 3.8) is 0 Å². The normalized spacial score (nSPS) is 19.2. The first-order chi connectivity index (χ1) is 9.47. The predicted octanol–water partition coefficient (Wildman–Crippen LogP) is 1.96. The molecule has 1 atom stereocenters. The summed E-state index contributed by atoms with van der Waals surface area (Å²) < 4.78 is 0. The fraction of sp³-hybridized carbons (Fsp3) is 0.462. The van der Waals surface area contributed by atoms with Gasteiger partial charge in [-0.2, -0.15) is 0 Å². The predicted molar refractivity (Wildman–Crippen MR) is 75.6 cm³/mol. The molecule has 1 aliphatic rings. The fourth-order valence-electron chi connectivity index (χ4n) is 2.31. The van der Waals surface area contributed by atoms with E-state index in [1.54, 1.807) is 18.0 Å². The molecule has 1 aromatic carbocycles. The Morgan fingerprint density at radius 1 is 1.55 bits per heavy atom. The van der Waals surface area contributed by atoms with Gasteiger partial charge in [0.15, 0.2) is 0 Å². The van der Waals surface area contributed by atoms with Gasteiger partial charge in [0.05, 0.1) is 4.92 Å². The Bertz CT molecular complexity index is 536. The van der Waals surface area contributed by atoms with Crippen molar-refractivity contribution in [2.75, 3.05) is 13.6 Å². The number of piperidine rings is 1. The monoisotopic (exact) mass is 297 g/mol. The maximum Gasteiger partial charge on any atom is 0.273 e. The van der Waals surface area contributed by atoms with E-state index in [1.807, 2.05) is 0 Å². The number of carbonyl (C=O) groups excluding carboxylic acids is 1. The molecule has 0 aliphatic carbocycles. The Kier molecular flexibility index (Phi) is 4.57. The maximum atomic E-state index is 11.4. The third-order valence-electron chi connectivity index (χ3n) is 3.45. The van der Waals surface area contributed by atoms with Crippen molar-refractivity contribution in [1.29, 1.82) is 0 Å². The quantitative estimate of drug-likeness (QED) is 0.681. The standard InChI is InChI=1S/C13H16ClN3O3/c1-16-8-11(3-5-13(16)18)15-7-9-6-10(14)2-4-12(9)17(19)20/h2,4,6,11,15H,3,5,7-8H2,1H3. The van der Waals surface area contributed by atoms with Crippen molar-refractivity contribution in [3.8, 4) is 0 Å². The van der Waals surface area contributed by atoms with Crippen LogP contribution in [0.15, 0.2) is 18.2 Å². The summed E-state index contributed by atoms with van der Waals surface area (Å²) in [5, 5.41) is 14.7. The first-order valence-corrected chi connectivity index (χ1v) is 6.75. The summed E-state index contributed by atoms with van der Waals surface area (Å²) in [6.45, 7) is 0.983. The molecule has 1 aromatic rings. The van der Waals surface area contributed by atoms with Crippen LogP contribution in [0.2, 0.25) is 5.02 Å². The summed E-state index contributed by atoms with van der Waals surface area (Å²) in [5.41, 5.74) is 0.615. The molecular weight excluding hydrogens is 282 g/mol. The van der Waals surface area contributed by atoms with E-state index in [0.717, 1.165) is 6.42 Å². The molecule has 1 N–H and O–H groups in total. The first kappa shape index (κ1) is 14.7. The Morgan fingerprint density at radius 3 is 2.95 bits per heavy atom. The van der Waals surface area contributed by atoms with E-state index in [2.05, 4.69) is 5.32 Å². The molecule has 1 unspecified atom stereocenters. The molecule has 1 aliphatic heterocycles. The van der Waals surface area contributed by atoms with Crippen LogP contribution in [-0.4, -0.2) is 35.4 Å². The van der Waals surface area contributed by atoms with Crippen LogP contribution in [0.5, 0.6) is 0 Å². The Hall–Kier alpha value is -1.66. The average molecular weight is 298 g/mol. The van der Waals surface area contributed by atoms with Gasteiger partial charge < -0.3 is 10.2 Å². The van der Waals surface area contributed by atoms with Gasteiger partial charge in [0.1, 0.15) is 0 Å². The second kappa shape index (κ2) is 6.19. The molecule has 0 bridgehead atoms. The van der Waals surface area contributed by atoms with Gasteiger partial charge in [0, 0.05) is 49.3 Å². The van der Waals surface area contributed by atoms with Gasteiger partial charge in [-0.3, -0.25) is 14.9 Å². The van der Waals surface area contributed by atoms with E-state index in [0.29, 0.717) is 30.1 Å². The highest BCUT2D eigenvalue weighted by molar-refractivity contribution is 6.30. The SMILES string of the molecule is CN1CC(NCc2cc(Cl)ccc2[N+](=O)[O-])CCC1=O. The molecule has 0 radical (unpaired) electrons. The van der Waals surface area contributed by atoms with Crippen LogP contribution in [0.1, 0.15) is 18.4 Å². The number of nitrogens with zero attached hydrogens (tertiary/aromatic N) is 2. The summed E-state index contributed by atoms with van der Waals surface area (Å²) in [6, 6.07) is 4.67. The number of benzene rings is 1. The first-order valence-electron chi connectivity index (χ1n) is 6.37. The van der Waals surface area contributed by atoms with Crippen LogP contribution >= 0.6 is 11.6 Å². The van der Waals surface area contributed by atoms with Gasteiger partial charge in [0.25, 0.3) is 5.69 Å². The lowest BCUT2D eigenvalue weighted by molar-refractivity contribution is -0.385. The minimum absolute atomic E-state index is 0.0575. The molecule has 1 heterocycles. The van der Waals surface area contributed by atoms with Gasteiger partial charge in [0.2, 0.25) is 5.91 Å². The van der Waals surface area contributed by atoms with Crippen LogP contribution in [0.25, 0.3) is 0 Å². The lowest BCUT2D eigenvalue weighted by Gasteiger charge is -2.30. The second-order valence-electron chi connectivity index (χ2n) is 4.92. The molecule has 0 spiro atoms. The van der Waals surface area contributed by atoms with Crippen molar-refractivity contribution < 1.29 is 9.72 Å². The zero-order chi connectivity index (χ0) is 14.7. The molecule has 1 fully saturated rings. The van der Waals surface area contributed by atoms with Crippen LogP contribution in [0.3, 0.4) is 0 Å². The fourth-order valence-corrected chi connectivity index (χ4v) is 2.50. The third-order valence-corrected chi connectivity index (χ3v) is 3.68.